The van der Waals surface area contributed by atoms with Crippen molar-refractivity contribution in [2.75, 3.05) is 6.61 Å². The first-order valence-corrected chi connectivity index (χ1v) is 11.9. The summed E-state index contributed by atoms with van der Waals surface area (Å²) >= 11 is 0. The molecule has 0 heterocycles. The zero-order chi connectivity index (χ0) is 19.5. The lowest BCUT2D eigenvalue weighted by Crippen LogP contribution is -2.33. The molecule has 4 aliphatic carbocycles. The number of hydrogen-bond acceptors (Lipinski definition) is 4. The van der Waals surface area contributed by atoms with Gasteiger partial charge in [-0.2, -0.15) is 0 Å². The highest BCUT2D eigenvalue weighted by atomic mass is 32.2. The molecule has 2 atom stereocenters. The first kappa shape index (κ1) is 18.4. The van der Waals surface area contributed by atoms with Crippen LogP contribution < -0.4 is 9.46 Å². The summed E-state index contributed by atoms with van der Waals surface area (Å²) < 4.78 is 46.9. The van der Waals surface area contributed by atoms with E-state index in [0.29, 0.717) is 25.2 Å². The number of sulfonamides is 1. The van der Waals surface area contributed by atoms with Crippen LogP contribution in [0, 0.1) is 17.2 Å². The van der Waals surface area contributed by atoms with Crippen molar-refractivity contribution in [3.63, 3.8) is 0 Å². The molecule has 7 heteroatoms. The van der Waals surface area contributed by atoms with E-state index in [2.05, 4.69) is 0 Å². The third kappa shape index (κ3) is 3.42. The number of carbonyl (C=O) groups is 1. The van der Waals surface area contributed by atoms with Gasteiger partial charge in [-0.25, -0.2) is 17.5 Å². The van der Waals surface area contributed by atoms with Gasteiger partial charge < -0.3 is 4.74 Å². The summed E-state index contributed by atoms with van der Waals surface area (Å²) in [7, 11) is -3.70. The predicted octanol–water partition coefficient (Wildman–Crippen LogP) is 3.88. The number of carbonyl (C=O) groups excluding carboxylic acids is 1. The van der Waals surface area contributed by atoms with Gasteiger partial charge in [0, 0.05) is 11.5 Å². The van der Waals surface area contributed by atoms with Crippen LogP contribution in [0.5, 0.6) is 5.75 Å². The minimum atomic E-state index is -3.70. The maximum atomic E-state index is 14.7. The molecule has 28 heavy (non-hydrogen) atoms. The molecule has 5 nitrogen and oxygen atoms in total. The number of ether oxygens (including phenoxy) is 1. The molecule has 1 aromatic rings. The molecule has 5 rings (SSSR count). The molecule has 0 aliphatic heterocycles. The summed E-state index contributed by atoms with van der Waals surface area (Å²) in [5.41, 5.74) is 0.891. The SMILES string of the molecule is O=C(NS(=O)(=O)C1CC1)c1cc(C2CC2)c(OC[C@@]23CCCC[C@@H]2C3)cc1F. The molecule has 0 bridgehead atoms. The molecular weight excluding hydrogens is 381 g/mol. The van der Waals surface area contributed by atoms with Gasteiger partial charge in [0.05, 0.1) is 17.4 Å². The fraction of sp³-hybridized carbons (Fsp3) is 0.667. The van der Waals surface area contributed by atoms with Crippen LogP contribution in [-0.2, 0) is 10.0 Å². The lowest BCUT2D eigenvalue weighted by molar-refractivity contribution is 0.0977. The van der Waals surface area contributed by atoms with Gasteiger partial charge in [-0.05, 0) is 68.4 Å². The Kier molecular flexibility index (Phi) is 4.23. The summed E-state index contributed by atoms with van der Waals surface area (Å²) in [5.74, 6) is -0.0798. The minimum Gasteiger partial charge on any atom is -0.493 e. The number of nitrogens with one attached hydrogen (secondary N) is 1. The molecule has 1 amide bonds. The zero-order valence-electron chi connectivity index (χ0n) is 15.9. The summed E-state index contributed by atoms with van der Waals surface area (Å²) in [6.07, 6.45) is 9.24. The first-order valence-electron chi connectivity index (χ1n) is 10.4. The highest BCUT2D eigenvalue weighted by molar-refractivity contribution is 7.91. The second-order valence-electron chi connectivity index (χ2n) is 9.12. The zero-order valence-corrected chi connectivity index (χ0v) is 16.7. The topological polar surface area (TPSA) is 72.5 Å². The van der Waals surface area contributed by atoms with Gasteiger partial charge in [-0.1, -0.05) is 12.8 Å². The molecule has 1 aromatic carbocycles. The lowest BCUT2D eigenvalue weighted by Gasteiger charge is -2.23. The van der Waals surface area contributed by atoms with Crippen molar-refractivity contribution in [1.82, 2.24) is 4.72 Å². The predicted molar refractivity (Wildman–Crippen MR) is 102 cm³/mol. The largest absolute Gasteiger partial charge is 0.493 e. The van der Waals surface area contributed by atoms with Crippen LogP contribution in [0.4, 0.5) is 4.39 Å². The van der Waals surface area contributed by atoms with Crippen LogP contribution in [-0.4, -0.2) is 26.2 Å². The molecule has 4 aliphatic rings. The summed E-state index contributed by atoms with van der Waals surface area (Å²) in [6.45, 7) is 0.610. The first-order chi connectivity index (χ1) is 13.4. The second-order valence-corrected chi connectivity index (χ2v) is 11.1. The van der Waals surface area contributed by atoms with Gasteiger partial charge in [0.15, 0.2) is 0 Å². The Balaban J connectivity index is 1.35. The molecule has 0 spiro atoms. The Morgan fingerprint density at radius 3 is 2.64 bits per heavy atom. The normalized spacial score (nSPS) is 29.1. The average molecular weight is 408 g/mol. The highest BCUT2D eigenvalue weighted by Gasteiger charge is 2.55. The average Bonchev–Trinajstić information content (AvgIpc) is 3.54. The van der Waals surface area contributed by atoms with Crippen molar-refractivity contribution in [2.24, 2.45) is 11.3 Å². The molecule has 0 unspecified atom stereocenters. The molecule has 4 saturated carbocycles. The Morgan fingerprint density at radius 2 is 1.96 bits per heavy atom. The monoisotopic (exact) mass is 407 g/mol. The van der Waals surface area contributed by atoms with Gasteiger partial charge in [-0.15, -0.1) is 0 Å². The number of hydrogen-bond donors (Lipinski definition) is 1. The van der Waals surface area contributed by atoms with Crippen molar-refractivity contribution < 1.29 is 22.3 Å². The third-order valence-electron chi connectivity index (χ3n) is 6.91. The Hall–Kier alpha value is -1.63. The van der Waals surface area contributed by atoms with Gasteiger partial charge in [0.1, 0.15) is 11.6 Å². The standard InChI is InChI=1S/C21H26FNO4S/c22-18-10-19(27-12-21-8-2-1-3-14(21)11-21)16(13-4-5-13)9-17(18)20(24)23-28(25,26)15-6-7-15/h9-10,13-15H,1-8,11-12H2,(H,23,24)/t14-,21+/m1/s1. The van der Waals surface area contributed by atoms with E-state index in [9.17, 15) is 17.6 Å². The van der Waals surface area contributed by atoms with Gasteiger partial charge in [0.2, 0.25) is 10.0 Å². The molecule has 0 saturated heterocycles. The van der Waals surface area contributed by atoms with E-state index < -0.39 is 27.0 Å². The highest BCUT2D eigenvalue weighted by Crippen LogP contribution is 2.61. The number of rotatable bonds is 7. The summed E-state index contributed by atoms with van der Waals surface area (Å²) in [5, 5.41) is -0.522. The van der Waals surface area contributed by atoms with E-state index in [1.54, 1.807) is 0 Å². The van der Waals surface area contributed by atoms with Crippen LogP contribution in [0.3, 0.4) is 0 Å². The quantitative estimate of drug-likeness (QED) is 0.744. The second kappa shape index (κ2) is 6.44. The van der Waals surface area contributed by atoms with Crippen LogP contribution in [0.1, 0.15) is 79.6 Å². The Bertz CT molecular complexity index is 923. The number of benzene rings is 1. The lowest BCUT2D eigenvalue weighted by atomic mass is 9.89. The van der Waals surface area contributed by atoms with Gasteiger partial charge in [-0.3, -0.25) is 4.79 Å². The Labute approximate surface area is 165 Å². The fourth-order valence-corrected chi connectivity index (χ4v) is 6.01. The van der Waals surface area contributed by atoms with E-state index in [1.165, 1.54) is 44.2 Å². The van der Waals surface area contributed by atoms with Crippen molar-refractivity contribution in [3.05, 3.63) is 29.1 Å². The molecule has 4 fully saturated rings. The van der Waals surface area contributed by atoms with Crippen molar-refractivity contribution in [3.8, 4) is 5.75 Å². The number of amides is 1. The molecular formula is C21H26FNO4S. The fourth-order valence-electron chi connectivity index (χ4n) is 4.71. The van der Waals surface area contributed by atoms with Crippen LogP contribution in [0.15, 0.2) is 12.1 Å². The van der Waals surface area contributed by atoms with Crippen molar-refractivity contribution in [1.29, 1.82) is 0 Å². The third-order valence-corrected chi connectivity index (χ3v) is 8.73. The van der Waals surface area contributed by atoms with E-state index in [1.807, 2.05) is 4.72 Å². The van der Waals surface area contributed by atoms with E-state index in [-0.39, 0.29) is 16.9 Å². The maximum absolute atomic E-state index is 14.7. The summed E-state index contributed by atoms with van der Waals surface area (Å²) in [4.78, 5) is 12.4. The van der Waals surface area contributed by atoms with E-state index in [4.69, 9.17) is 4.74 Å². The molecule has 152 valence electrons. The van der Waals surface area contributed by atoms with Crippen LogP contribution in [0.25, 0.3) is 0 Å². The molecule has 0 aromatic heterocycles. The maximum Gasteiger partial charge on any atom is 0.267 e. The molecule has 1 N–H and O–H groups in total. The minimum absolute atomic E-state index is 0.210. The summed E-state index contributed by atoms with van der Waals surface area (Å²) in [6, 6.07) is 2.78. The van der Waals surface area contributed by atoms with Crippen LogP contribution in [0.2, 0.25) is 0 Å². The van der Waals surface area contributed by atoms with Crippen molar-refractivity contribution in [2.45, 2.75) is 69.0 Å². The van der Waals surface area contributed by atoms with E-state index >= 15 is 0 Å². The Morgan fingerprint density at radius 1 is 1.18 bits per heavy atom. The van der Waals surface area contributed by atoms with Gasteiger partial charge >= 0.3 is 0 Å². The molecule has 0 radical (unpaired) electrons. The smallest absolute Gasteiger partial charge is 0.267 e. The number of halogens is 1. The number of fused-ring (bicyclic) bond motifs is 1. The van der Waals surface area contributed by atoms with Crippen molar-refractivity contribution >= 4 is 15.9 Å². The van der Waals surface area contributed by atoms with E-state index in [0.717, 1.165) is 24.3 Å². The van der Waals surface area contributed by atoms with Crippen LogP contribution >= 0.6 is 0 Å². The van der Waals surface area contributed by atoms with Gasteiger partial charge in [0.25, 0.3) is 5.91 Å².